The molecule has 34 heavy (non-hydrogen) atoms. The van der Waals surface area contributed by atoms with Gasteiger partial charge in [-0.05, 0) is 39.5 Å². The minimum absolute atomic E-state index is 0.0304. The number of aromatic nitrogens is 2. The number of fused-ring (bicyclic) bond motifs is 1. The van der Waals surface area contributed by atoms with E-state index in [0.717, 1.165) is 12.8 Å². The van der Waals surface area contributed by atoms with Crippen molar-refractivity contribution >= 4 is 34.0 Å². The Morgan fingerprint density at radius 2 is 1.91 bits per heavy atom. The Balaban J connectivity index is 1.48. The highest BCUT2D eigenvalue weighted by atomic mass is 32.1. The predicted octanol–water partition coefficient (Wildman–Crippen LogP) is 1.19. The number of carbonyl (C=O) groups excluding carboxylic acids is 3. The van der Waals surface area contributed by atoms with Crippen LogP contribution >= 0.6 is 11.3 Å². The summed E-state index contributed by atoms with van der Waals surface area (Å²) in [6.07, 6.45) is 6.16. The molecule has 2 saturated heterocycles. The Kier molecular flexibility index (Phi) is 7.32. The molecule has 0 unspecified atom stereocenters. The van der Waals surface area contributed by atoms with E-state index in [-0.39, 0.29) is 34.9 Å². The van der Waals surface area contributed by atoms with Crippen LogP contribution in [0.5, 0.6) is 0 Å². The quantitative estimate of drug-likeness (QED) is 0.621. The standard InChI is InChI=1S/C23H31N5O5S/c1-15-14-33-11-4-3-5-23(21(32)26-16(2)18(29)25-15)6-8-27(9-7-23)19(30)17-13-24-22-28(20(17)31)10-12-34-22/h10,12-13,15-16H,3-9,11,14H2,1-2H3,(H,25,29)(H,26,32)/t15-,16-/m0/s1. The van der Waals surface area contributed by atoms with Crippen LogP contribution in [-0.4, -0.2) is 70.4 Å². The van der Waals surface area contributed by atoms with Gasteiger partial charge in [0.1, 0.15) is 11.6 Å². The first-order chi connectivity index (χ1) is 16.3. The third-order valence-electron chi connectivity index (χ3n) is 6.75. The molecule has 2 aliphatic rings. The van der Waals surface area contributed by atoms with Crippen LogP contribution in [0.2, 0.25) is 0 Å². The summed E-state index contributed by atoms with van der Waals surface area (Å²) < 4.78 is 7.05. The first kappa shape index (κ1) is 24.3. The van der Waals surface area contributed by atoms with Gasteiger partial charge in [-0.2, -0.15) is 0 Å². The molecule has 2 N–H and O–H groups in total. The molecular weight excluding hydrogens is 458 g/mol. The molecule has 0 bridgehead atoms. The van der Waals surface area contributed by atoms with Crippen LogP contribution in [0, 0.1) is 5.41 Å². The lowest BCUT2D eigenvalue weighted by molar-refractivity contribution is -0.137. The van der Waals surface area contributed by atoms with Crippen molar-refractivity contribution in [2.75, 3.05) is 26.3 Å². The van der Waals surface area contributed by atoms with Gasteiger partial charge in [-0.3, -0.25) is 23.6 Å². The highest BCUT2D eigenvalue weighted by molar-refractivity contribution is 7.15. The first-order valence-corrected chi connectivity index (χ1v) is 12.6. The predicted molar refractivity (Wildman–Crippen MR) is 127 cm³/mol. The molecule has 0 aliphatic carbocycles. The van der Waals surface area contributed by atoms with Gasteiger partial charge in [-0.1, -0.05) is 6.42 Å². The van der Waals surface area contributed by atoms with Crippen LogP contribution in [0.25, 0.3) is 4.96 Å². The van der Waals surface area contributed by atoms with Gasteiger partial charge in [-0.25, -0.2) is 4.98 Å². The van der Waals surface area contributed by atoms with Crippen molar-refractivity contribution in [1.29, 1.82) is 0 Å². The Morgan fingerprint density at radius 3 is 2.68 bits per heavy atom. The summed E-state index contributed by atoms with van der Waals surface area (Å²) in [7, 11) is 0. The summed E-state index contributed by atoms with van der Waals surface area (Å²) in [5.41, 5.74) is -1.02. The Morgan fingerprint density at radius 1 is 1.15 bits per heavy atom. The minimum Gasteiger partial charge on any atom is -0.379 e. The second-order valence-electron chi connectivity index (χ2n) is 9.24. The molecule has 2 fully saturated rings. The number of rotatable bonds is 1. The molecule has 2 aliphatic heterocycles. The van der Waals surface area contributed by atoms with E-state index in [1.807, 2.05) is 6.92 Å². The smallest absolute Gasteiger partial charge is 0.271 e. The van der Waals surface area contributed by atoms with Crippen molar-refractivity contribution in [2.24, 2.45) is 5.41 Å². The van der Waals surface area contributed by atoms with E-state index in [1.165, 1.54) is 21.9 Å². The molecule has 0 radical (unpaired) electrons. The lowest BCUT2D eigenvalue weighted by Crippen LogP contribution is -2.55. The van der Waals surface area contributed by atoms with Gasteiger partial charge >= 0.3 is 0 Å². The second-order valence-corrected chi connectivity index (χ2v) is 10.1. The van der Waals surface area contributed by atoms with E-state index in [2.05, 4.69) is 15.6 Å². The molecule has 0 aromatic carbocycles. The molecule has 1 spiro atoms. The number of ether oxygens (including phenoxy) is 1. The van der Waals surface area contributed by atoms with Gasteiger partial charge in [0, 0.05) is 43.5 Å². The minimum atomic E-state index is -0.671. The largest absolute Gasteiger partial charge is 0.379 e. The van der Waals surface area contributed by atoms with E-state index in [1.54, 1.807) is 23.4 Å². The van der Waals surface area contributed by atoms with Crippen molar-refractivity contribution in [1.82, 2.24) is 24.9 Å². The highest BCUT2D eigenvalue weighted by Crippen LogP contribution is 2.37. The number of hydrogen-bond donors (Lipinski definition) is 2. The molecule has 4 rings (SSSR count). The summed E-state index contributed by atoms with van der Waals surface area (Å²) >= 11 is 1.33. The second kappa shape index (κ2) is 10.2. The molecule has 2 aromatic rings. The third kappa shape index (κ3) is 5.00. The van der Waals surface area contributed by atoms with Crippen LogP contribution < -0.4 is 16.2 Å². The number of likely N-dealkylation sites (tertiary alicyclic amines) is 1. The van der Waals surface area contributed by atoms with Gasteiger partial charge in [0.05, 0.1) is 12.0 Å². The highest BCUT2D eigenvalue weighted by Gasteiger charge is 2.43. The summed E-state index contributed by atoms with van der Waals surface area (Å²) in [6, 6.07) is -0.807. The molecule has 11 heteroatoms. The number of piperidine rings is 1. The molecule has 0 saturated carbocycles. The Hall–Kier alpha value is -2.79. The maximum Gasteiger partial charge on any atom is 0.271 e. The molecule has 2 aromatic heterocycles. The Labute approximate surface area is 201 Å². The van der Waals surface area contributed by atoms with Crippen molar-refractivity contribution in [3.63, 3.8) is 0 Å². The zero-order valence-electron chi connectivity index (χ0n) is 19.5. The lowest BCUT2D eigenvalue weighted by atomic mass is 9.73. The molecule has 184 valence electrons. The monoisotopic (exact) mass is 489 g/mol. The summed E-state index contributed by atoms with van der Waals surface area (Å²) in [6.45, 7) is 5.25. The van der Waals surface area contributed by atoms with E-state index in [4.69, 9.17) is 4.74 Å². The first-order valence-electron chi connectivity index (χ1n) is 11.7. The molecule has 3 amide bonds. The number of amides is 3. The van der Waals surface area contributed by atoms with Crippen molar-refractivity contribution in [3.05, 3.63) is 33.7 Å². The van der Waals surface area contributed by atoms with Gasteiger partial charge < -0.3 is 20.3 Å². The van der Waals surface area contributed by atoms with Gasteiger partial charge in [0.15, 0.2) is 4.96 Å². The zero-order valence-corrected chi connectivity index (χ0v) is 20.4. The topological polar surface area (TPSA) is 122 Å². The summed E-state index contributed by atoms with van der Waals surface area (Å²) in [4.78, 5) is 58.1. The fourth-order valence-corrected chi connectivity index (χ4v) is 5.30. The van der Waals surface area contributed by atoms with Crippen LogP contribution in [0.1, 0.15) is 56.3 Å². The van der Waals surface area contributed by atoms with E-state index < -0.39 is 11.5 Å². The summed E-state index contributed by atoms with van der Waals surface area (Å²) in [5, 5.41) is 7.51. The maximum absolute atomic E-state index is 13.4. The normalized spacial score (nSPS) is 24.6. The number of hydrogen-bond acceptors (Lipinski definition) is 7. The van der Waals surface area contributed by atoms with Crippen LogP contribution in [0.3, 0.4) is 0 Å². The molecule has 2 atom stereocenters. The van der Waals surface area contributed by atoms with Crippen molar-refractivity contribution in [3.8, 4) is 0 Å². The maximum atomic E-state index is 13.4. The fourth-order valence-electron chi connectivity index (χ4n) is 4.62. The van der Waals surface area contributed by atoms with E-state index >= 15 is 0 Å². The van der Waals surface area contributed by atoms with Gasteiger partial charge in [-0.15, -0.1) is 11.3 Å². The number of thiazole rings is 1. The molecule has 4 heterocycles. The zero-order chi connectivity index (χ0) is 24.3. The average molecular weight is 490 g/mol. The Bertz CT molecular complexity index is 1120. The fraction of sp³-hybridized carbons (Fsp3) is 0.609. The summed E-state index contributed by atoms with van der Waals surface area (Å²) in [5.74, 6) is -0.770. The SMILES string of the molecule is C[C@@H]1NC(=O)C2(CCCCOC[C@H](C)NC1=O)CCN(C(=O)c1cnc3sccn3c1=O)CC2. The van der Waals surface area contributed by atoms with Crippen LogP contribution in [0.4, 0.5) is 0 Å². The average Bonchev–Trinajstić information content (AvgIpc) is 3.31. The van der Waals surface area contributed by atoms with Crippen LogP contribution in [0.15, 0.2) is 22.6 Å². The number of nitrogens with zero attached hydrogens (tertiary/aromatic N) is 3. The van der Waals surface area contributed by atoms with Gasteiger partial charge in [0.25, 0.3) is 11.5 Å². The molecular formula is C23H31N5O5S. The van der Waals surface area contributed by atoms with Gasteiger partial charge in [0.2, 0.25) is 11.8 Å². The van der Waals surface area contributed by atoms with E-state index in [9.17, 15) is 19.2 Å². The lowest BCUT2D eigenvalue weighted by Gasteiger charge is -2.41. The molecule has 10 nitrogen and oxygen atoms in total. The van der Waals surface area contributed by atoms with Crippen LogP contribution in [-0.2, 0) is 14.3 Å². The third-order valence-corrected chi connectivity index (χ3v) is 7.52. The van der Waals surface area contributed by atoms with Crippen molar-refractivity contribution < 1.29 is 19.1 Å². The van der Waals surface area contributed by atoms with E-state index in [0.29, 0.717) is 50.5 Å². The van der Waals surface area contributed by atoms with Crippen molar-refractivity contribution in [2.45, 2.75) is 58.0 Å². The number of carbonyl (C=O) groups is 3. The number of nitrogens with one attached hydrogen (secondary N) is 2.